The van der Waals surface area contributed by atoms with Gasteiger partial charge in [0.05, 0.1) is 22.0 Å². The maximum atomic E-state index is 14.9. The summed E-state index contributed by atoms with van der Waals surface area (Å²) in [6, 6.07) is 6.39. The van der Waals surface area contributed by atoms with Crippen LogP contribution in [0.15, 0.2) is 30.5 Å². The Hall–Kier alpha value is -2.92. The molecule has 2 amide bonds. The number of aromatic nitrogens is 2. The average molecular weight is 505 g/mol. The first-order chi connectivity index (χ1) is 16.1. The molecule has 0 aliphatic heterocycles. The minimum atomic E-state index is -3.97. The number of amides is 2. The molecule has 8 nitrogen and oxygen atoms in total. The normalized spacial score (nSPS) is 14.9. The Labute approximate surface area is 200 Å². The molecule has 34 heavy (non-hydrogen) atoms. The molecule has 1 saturated carbocycles. The van der Waals surface area contributed by atoms with Crippen molar-refractivity contribution in [2.75, 3.05) is 6.54 Å². The van der Waals surface area contributed by atoms with Crippen molar-refractivity contribution in [1.29, 1.82) is 0 Å². The van der Waals surface area contributed by atoms with Gasteiger partial charge in [-0.05, 0) is 57.4 Å². The summed E-state index contributed by atoms with van der Waals surface area (Å²) in [4.78, 5) is 33.4. The standard InChI is InChI=1S/C23H25FN4O4S2/c1-12(2)34(31,32)21(22(30)26-11-20(29)27-15-4-5-15)23-28-18-10-17(24)16(9-19(18)33-23)14-6-7-25-13(3)8-14/h6-10,12,15,21H,4-5,11H2,1-3H3,(H,26,30)(H,27,29). The first kappa shape index (κ1) is 24.2. The van der Waals surface area contributed by atoms with E-state index in [2.05, 4.69) is 20.6 Å². The third-order valence-corrected chi connectivity index (χ3v) is 9.16. The molecule has 11 heteroatoms. The Balaban J connectivity index is 1.69. The fraction of sp³-hybridized carbons (Fsp3) is 0.391. The lowest BCUT2D eigenvalue weighted by molar-refractivity contribution is -0.126. The quantitative estimate of drug-likeness (QED) is 0.487. The molecular weight excluding hydrogens is 479 g/mol. The second kappa shape index (κ2) is 9.38. The first-order valence-corrected chi connectivity index (χ1v) is 13.3. The molecule has 1 atom stereocenters. The summed E-state index contributed by atoms with van der Waals surface area (Å²) in [6.45, 7) is 4.43. The van der Waals surface area contributed by atoms with Gasteiger partial charge in [-0.25, -0.2) is 17.8 Å². The number of sulfone groups is 1. The Kier molecular flexibility index (Phi) is 6.68. The van der Waals surface area contributed by atoms with Crippen LogP contribution in [0.2, 0.25) is 0 Å². The van der Waals surface area contributed by atoms with Gasteiger partial charge in [0.2, 0.25) is 11.8 Å². The van der Waals surface area contributed by atoms with Crippen molar-refractivity contribution in [2.45, 2.75) is 50.2 Å². The van der Waals surface area contributed by atoms with Crippen LogP contribution in [0.5, 0.6) is 0 Å². The monoisotopic (exact) mass is 504 g/mol. The zero-order chi connectivity index (χ0) is 24.6. The van der Waals surface area contributed by atoms with Gasteiger partial charge in [-0.1, -0.05) is 0 Å². The van der Waals surface area contributed by atoms with E-state index in [1.54, 1.807) is 31.3 Å². The molecule has 2 heterocycles. The molecular formula is C23H25FN4O4S2. The number of hydrogen-bond acceptors (Lipinski definition) is 7. The van der Waals surface area contributed by atoms with Crippen molar-refractivity contribution in [3.63, 3.8) is 0 Å². The van der Waals surface area contributed by atoms with Crippen molar-refractivity contribution < 1.29 is 22.4 Å². The number of carbonyl (C=O) groups excluding carboxylic acids is 2. The number of nitrogens with zero attached hydrogens (tertiary/aromatic N) is 2. The number of rotatable bonds is 8. The molecule has 0 spiro atoms. The van der Waals surface area contributed by atoms with Crippen molar-refractivity contribution in [3.8, 4) is 11.1 Å². The molecule has 1 aromatic carbocycles. The van der Waals surface area contributed by atoms with Crippen molar-refractivity contribution in [2.24, 2.45) is 0 Å². The summed E-state index contributed by atoms with van der Waals surface area (Å²) in [5.74, 6) is -1.72. The van der Waals surface area contributed by atoms with Gasteiger partial charge >= 0.3 is 0 Å². The summed E-state index contributed by atoms with van der Waals surface area (Å²) < 4.78 is 41.6. The van der Waals surface area contributed by atoms with E-state index < -0.39 is 32.1 Å². The lowest BCUT2D eigenvalue weighted by Crippen LogP contribution is -2.42. The van der Waals surface area contributed by atoms with Gasteiger partial charge in [0.15, 0.2) is 15.1 Å². The summed E-state index contributed by atoms with van der Waals surface area (Å²) in [6.07, 6.45) is 3.38. The van der Waals surface area contributed by atoms with Gasteiger partial charge in [-0.2, -0.15) is 0 Å². The summed E-state index contributed by atoms with van der Waals surface area (Å²) in [5.41, 5.74) is 1.95. The number of nitrogens with one attached hydrogen (secondary N) is 2. The van der Waals surface area contributed by atoms with E-state index in [9.17, 15) is 22.4 Å². The number of benzene rings is 1. The second-order valence-electron chi connectivity index (χ2n) is 8.62. The molecule has 180 valence electrons. The van der Waals surface area contributed by atoms with Crippen LogP contribution in [-0.2, 0) is 19.4 Å². The van der Waals surface area contributed by atoms with Gasteiger partial charge in [0.25, 0.3) is 0 Å². The van der Waals surface area contributed by atoms with Crippen LogP contribution in [0, 0.1) is 12.7 Å². The smallest absolute Gasteiger partial charge is 0.245 e. The Morgan fingerprint density at radius 3 is 2.62 bits per heavy atom. The zero-order valence-electron chi connectivity index (χ0n) is 19.0. The molecule has 3 aromatic rings. The SMILES string of the molecule is Cc1cc(-c2cc3sc(C(C(=O)NCC(=O)NC4CC4)S(=O)(=O)C(C)C)nc3cc2F)ccn1. The molecule has 1 aliphatic carbocycles. The first-order valence-electron chi connectivity index (χ1n) is 10.9. The molecule has 1 unspecified atom stereocenters. The van der Waals surface area contributed by atoms with Crippen LogP contribution < -0.4 is 10.6 Å². The molecule has 4 rings (SSSR count). The summed E-state index contributed by atoms with van der Waals surface area (Å²) in [7, 11) is -3.97. The van der Waals surface area contributed by atoms with Gasteiger partial charge in [-0.15, -0.1) is 11.3 Å². The number of carbonyl (C=O) groups is 2. The fourth-order valence-electron chi connectivity index (χ4n) is 3.45. The molecule has 0 bridgehead atoms. The highest BCUT2D eigenvalue weighted by Gasteiger charge is 2.39. The predicted molar refractivity (Wildman–Crippen MR) is 129 cm³/mol. The summed E-state index contributed by atoms with van der Waals surface area (Å²) in [5, 5.41) is 2.74. The Morgan fingerprint density at radius 1 is 1.24 bits per heavy atom. The minimum absolute atomic E-state index is 0.0336. The molecule has 2 N–H and O–H groups in total. The van der Waals surface area contributed by atoms with Crippen LogP contribution in [0.3, 0.4) is 0 Å². The largest absolute Gasteiger partial charge is 0.352 e. The predicted octanol–water partition coefficient (Wildman–Crippen LogP) is 3.06. The Morgan fingerprint density at radius 2 is 1.97 bits per heavy atom. The molecule has 1 fully saturated rings. The van der Waals surface area contributed by atoms with E-state index in [0.717, 1.165) is 29.9 Å². The van der Waals surface area contributed by atoms with Gasteiger partial charge < -0.3 is 10.6 Å². The summed E-state index contributed by atoms with van der Waals surface area (Å²) >= 11 is 1.02. The van der Waals surface area contributed by atoms with Gasteiger partial charge in [0, 0.05) is 29.6 Å². The van der Waals surface area contributed by atoms with Crippen LogP contribution in [0.1, 0.15) is 42.6 Å². The average Bonchev–Trinajstić information content (AvgIpc) is 3.48. The minimum Gasteiger partial charge on any atom is -0.352 e. The maximum Gasteiger partial charge on any atom is 0.245 e. The van der Waals surface area contributed by atoms with Crippen LogP contribution in [0.4, 0.5) is 4.39 Å². The van der Waals surface area contributed by atoms with Gasteiger partial charge in [-0.3, -0.25) is 14.6 Å². The number of thiazole rings is 1. The van der Waals surface area contributed by atoms with E-state index >= 15 is 0 Å². The second-order valence-corrected chi connectivity index (χ2v) is 12.3. The highest BCUT2D eigenvalue weighted by Crippen LogP contribution is 2.36. The maximum absolute atomic E-state index is 14.9. The van der Waals surface area contributed by atoms with E-state index in [4.69, 9.17) is 0 Å². The fourth-order valence-corrected chi connectivity index (χ4v) is 6.23. The highest BCUT2D eigenvalue weighted by molar-refractivity contribution is 7.93. The lowest BCUT2D eigenvalue weighted by atomic mass is 10.1. The lowest BCUT2D eigenvalue weighted by Gasteiger charge is -2.17. The van der Waals surface area contributed by atoms with Crippen LogP contribution >= 0.6 is 11.3 Å². The molecule has 0 radical (unpaired) electrons. The van der Waals surface area contributed by atoms with Crippen LogP contribution in [-0.4, -0.2) is 48.0 Å². The van der Waals surface area contributed by atoms with Crippen molar-refractivity contribution >= 4 is 43.2 Å². The van der Waals surface area contributed by atoms with Gasteiger partial charge in [0.1, 0.15) is 10.8 Å². The van der Waals surface area contributed by atoms with Crippen LogP contribution in [0.25, 0.3) is 21.3 Å². The van der Waals surface area contributed by atoms with E-state index in [-0.39, 0.29) is 29.0 Å². The zero-order valence-corrected chi connectivity index (χ0v) is 20.6. The van der Waals surface area contributed by atoms with E-state index in [1.165, 1.54) is 19.9 Å². The topological polar surface area (TPSA) is 118 Å². The number of hydrogen-bond donors (Lipinski definition) is 2. The molecule has 0 saturated heterocycles. The number of aryl methyl sites for hydroxylation is 1. The van der Waals surface area contributed by atoms with E-state index in [1.807, 2.05) is 0 Å². The number of fused-ring (bicyclic) bond motifs is 1. The highest BCUT2D eigenvalue weighted by atomic mass is 32.2. The van der Waals surface area contributed by atoms with Crippen molar-refractivity contribution in [1.82, 2.24) is 20.6 Å². The molecule has 2 aromatic heterocycles. The van der Waals surface area contributed by atoms with E-state index in [0.29, 0.717) is 15.8 Å². The Bertz CT molecular complexity index is 1370. The molecule has 1 aliphatic rings. The third-order valence-electron chi connectivity index (χ3n) is 5.52. The number of pyridine rings is 1. The number of halogens is 1. The van der Waals surface area contributed by atoms with Crippen molar-refractivity contribution in [3.05, 3.63) is 47.0 Å². The third kappa shape index (κ3) is 5.10.